The SMILES string of the molecule is O=C(CN(C(=O)c1cccc([N+](=O)[O-])c1)N1C(=O)c2c(Cl)c(Cl)c(Cl)c(Cl)c2C1=O)c1ccc(Br)cc1. The standard InChI is InChI=1S/C23H10BrCl4N3O6/c24-12-6-4-10(5-7-12)14(32)9-29(21(33)11-2-1-3-13(8-11)31(36)37)30-22(34)15-16(23(30)35)18(26)20(28)19(27)17(15)25/h1-8H,9H2. The lowest BCUT2D eigenvalue weighted by atomic mass is 10.1. The number of non-ortho nitro benzene ring substituents is 1. The average molecular weight is 646 g/mol. The highest BCUT2D eigenvalue weighted by Gasteiger charge is 2.46. The zero-order valence-electron chi connectivity index (χ0n) is 18.0. The molecule has 14 heteroatoms. The van der Waals surface area contributed by atoms with Crippen molar-refractivity contribution < 1.29 is 24.1 Å². The number of amides is 3. The van der Waals surface area contributed by atoms with E-state index in [0.29, 0.717) is 14.5 Å². The zero-order valence-corrected chi connectivity index (χ0v) is 22.6. The quantitative estimate of drug-likeness (QED) is 0.0754. The number of ketones is 1. The van der Waals surface area contributed by atoms with Crippen molar-refractivity contribution in [3.63, 3.8) is 0 Å². The molecule has 0 bridgehead atoms. The molecule has 0 saturated carbocycles. The van der Waals surface area contributed by atoms with Crippen LogP contribution in [0.25, 0.3) is 0 Å². The van der Waals surface area contributed by atoms with E-state index in [1.807, 2.05) is 0 Å². The fourth-order valence-electron chi connectivity index (χ4n) is 3.55. The minimum atomic E-state index is -1.09. The highest BCUT2D eigenvalue weighted by Crippen LogP contribution is 2.45. The number of nitro benzene ring substituents is 1. The van der Waals surface area contributed by atoms with Gasteiger partial charge >= 0.3 is 0 Å². The smallest absolute Gasteiger partial charge is 0.282 e. The molecule has 0 N–H and O–H groups in total. The van der Waals surface area contributed by atoms with Crippen molar-refractivity contribution in [1.29, 1.82) is 0 Å². The second-order valence-corrected chi connectivity index (χ2v) is 9.96. The van der Waals surface area contributed by atoms with Gasteiger partial charge in [-0.15, -0.1) is 0 Å². The van der Waals surface area contributed by atoms with Crippen LogP contribution in [-0.4, -0.2) is 45.0 Å². The van der Waals surface area contributed by atoms with Gasteiger partial charge in [0.05, 0.1) is 36.1 Å². The van der Waals surface area contributed by atoms with Crippen molar-refractivity contribution in [1.82, 2.24) is 10.0 Å². The molecule has 3 aromatic rings. The number of hydrogen-bond donors (Lipinski definition) is 0. The summed E-state index contributed by atoms with van der Waals surface area (Å²) in [6, 6.07) is 10.7. The van der Waals surface area contributed by atoms with Crippen LogP contribution in [0.1, 0.15) is 41.4 Å². The van der Waals surface area contributed by atoms with Gasteiger partial charge in [0, 0.05) is 27.7 Å². The lowest BCUT2D eigenvalue weighted by Crippen LogP contribution is -2.51. The van der Waals surface area contributed by atoms with Crippen molar-refractivity contribution >= 4 is 91.5 Å². The number of benzene rings is 3. The van der Waals surface area contributed by atoms with Crippen molar-refractivity contribution in [2.45, 2.75) is 0 Å². The number of rotatable bonds is 6. The predicted molar refractivity (Wildman–Crippen MR) is 140 cm³/mol. The van der Waals surface area contributed by atoms with E-state index in [2.05, 4.69) is 15.9 Å². The van der Waals surface area contributed by atoms with E-state index < -0.39 is 51.8 Å². The van der Waals surface area contributed by atoms with Crippen molar-refractivity contribution in [2.24, 2.45) is 0 Å². The van der Waals surface area contributed by atoms with Gasteiger partial charge in [-0.25, -0.2) is 5.01 Å². The normalized spacial score (nSPS) is 12.5. The van der Waals surface area contributed by atoms with Crippen molar-refractivity contribution in [2.75, 3.05) is 6.54 Å². The topological polar surface area (TPSA) is 118 Å². The molecular weight excluding hydrogens is 636 g/mol. The molecule has 37 heavy (non-hydrogen) atoms. The molecule has 0 unspecified atom stereocenters. The van der Waals surface area contributed by atoms with Crippen LogP contribution in [-0.2, 0) is 0 Å². The van der Waals surface area contributed by atoms with E-state index in [1.165, 1.54) is 24.3 Å². The van der Waals surface area contributed by atoms with E-state index in [9.17, 15) is 29.3 Å². The van der Waals surface area contributed by atoms with E-state index >= 15 is 0 Å². The molecular formula is C23H10BrCl4N3O6. The Kier molecular flexibility index (Phi) is 7.59. The van der Waals surface area contributed by atoms with Crippen LogP contribution in [0.4, 0.5) is 5.69 Å². The highest BCUT2D eigenvalue weighted by molar-refractivity contribution is 9.10. The summed E-state index contributed by atoms with van der Waals surface area (Å²) in [7, 11) is 0. The van der Waals surface area contributed by atoms with E-state index in [4.69, 9.17) is 46.4 Å². The Morgan fingerprint density at radius 1 is 0.865 bits per heavy atom. The largest absolute Gasteiger partial charge is 0.292 e. The fraction of sp³-hybridized carbons (Fsp3) is 0.0435. The van der Waals surface area contributed by atoms with Crippen LogP contribution in [0.5, 0.6) is 0 Å². The van der Waals surface area contributed by atoms with E-state index in [0.717, 1.165) is 12.1 Å². The molecule has 0 aromatic heterocycles. The van der Waals surface area contributed by atoms with Crippen LogP contribution < -0.4 is 0 Å². The maximum Gasteiger partial charge on any atom is 0.282 e. The van der Waals surface area contributed by atoms with Crippen LogP contribution in [0.15, 0.2) is 53.0 Å². The monoisotopic (exact) mass is 643 g/mol. The molecule has 188 valence electrons. The van der Waals surface area contributed by atoms with Gasteiger partial charge in [-0.2, -0.15) is 5.01 Å². The lowest BCUT2D eigenvalue weighted by Gasteiger charge is -2.29. The Labute approximate surface area is 236 Å². The third-order valence-corrected chi connectivity index (χ3v) is 7.65. The van der Waals surface area contributed by atoms with Crippen LogP contribution in [0.3, 0.4) is 0 Å². The van der Waals surface area contributed by atoms with Crippen LogP contribution in [0, 0.1) is 10.1 Å². The van der Waals surface area contributed by atoms with Gasteiger partial charge in [0.2, 0.25) is 0 Å². The first-order chi connectivity index (χ1) is 17.4. The summed E-state index contributed by atoms with van der Waals surface area (Å²) in [5, 5.41) is 10.9. The van der Waals surface area contributed by atoms with Crippen LogP contribution in [0.2, 0.25) is 20.1 Å². The van der Waals surface area contributed by atoms with Gasteiger partial charge in [0.25, 0.3) is 23.4 Å². The molecule has 0 spiro atoms. The van der Waals surface area contributed by atoms with Gasteiger partial charge in [-0.1, -0.05) is 80.5 Å². The number of carbonyl (C=O) groups excluding carboxylic acids is 4. The number of carbonyl (C=O) groups is 4. The Morgan fingerprint density at radius 3 is 1.92 bits per heavy atom. The Hall–Kier alpha value is -3.02. The summed E-state index contributed by atoms with van der Waals surface area (Å²) in [5.74, 6) is -3.87. The number of nitrogens with zero attached hydrogens (tertiary/aromatic N) is 3. The second-order valence-electron chi connectivity index (χ2n) is 7.53. The molecule has 4 rings (SSSR count). The molecule has 0 fully saturated rings. The number of hydrogen-bond acceptors (Lipinski definition) is 6. The predicted octanol–water partition coefficient (Wildman–Crippen LogP) is 6.51. The second kappa shape index (κ2) is 10.4. The molecule has 1 aliphatic rings. The van der Waals surface area contributed by atoms with E-state index in [1.54, 1.807) is 12.1 Å². The Bertz CT molecular complexity index is 1480. The third kappa shape index (κ3) is 4.83. The molecule has 1 aliphatic heterocycles. The lowest BCUT2D eigenvalue weighted by molar-refractivity contribution is -0.384. The minimum absolute atomic E-state index is 0.166. The number of Topliss-reactive ketones (excluding diaryl/α,β-unsaturated/α-hetero) is 1. The zero-order chi connectivity index (χ0) is 27.2. The maximum atomic E-state index is 13.6. The molecule has 3 aromatic carbocycles. The van der Waals surface area contributed by atoms with Crippen molar-refractivity contribution in [3.05, 3.63) is 105 Å². The first-order valence-electron chi connectivity index (χ1n) is 10.0. The van der Waals surface area contributed by atoms with Gasteiger partial charge in [0.15, 0.2) is 5.78 Å². The van der Waals surface area contributed by atoms with Crippen molar-refractivity contribution in [3.8, 4) is 0 Å². The number of hydrazine groups is 1. The summed E-state index contributed by atoms with van der Waals surface area (Å²) >= 11 is 27.7. The molecule has 9 nitrogen and oxygen atoms in total. The number of halogens is 5. The molecule has 0 saturated heterocycles. The molecule has 1 heterocycles. The molecule has 3 amide bonds. The summed E-state index contributed by atoms with van der Waals surface area (Å²) in [6.07, 6.45) is 0. The molecule has 0 atom stereocenters. The minimum Gasteiger partial charge on any atom is -0.292 e. The highest BCUT2D eigenvalue weighted by atomic mass is 79.9. The average Bonchev–Trinajstić information content (AvgIpc) is 3.14. The first-order valence-corrected chi connectivity index (χ1v) is 12.3. The van der Waals surface area contributed by atoms with Crippen LogP contribution >= 0.6 is 62.3 Å². The number of imide groups is 1. The van der Waals surface area contributed by atoms with Gasteiger partial charge in [0.1, 0.15) is 6.54 Å². The summed E-state index contributed by atoms with van der Waals surface area (Å²) in [4.78, 5) is 64.0. The van der Waals surface area contributed by atoms with Gasteiger partial charge in [-0.05, 0) is 18.2 Å². The number of nitro groups is 1. The summed E-state index contributed by atoms with van der Waals surface area (Å²) in [5.41, 5.74) is -1.32. The fourth-order valence-corrected chi connectivity index (χ4v) is 4.83. The van der Waals surface area contributed by atoms with E-state index in [-0.39, 0.29) is 31.2 Å². The first kappa shape index (κ1) is 27.0. The Balaban J connectivity index is 1.83. The Morgan fingerprint density at radius 2 is 1.41 bits per heavy atom. The molecule has 0 aliphatic carbocycles. The number of fused-ring (bicyclic) bond motifs is 1. The summed E-state index contributed by atoms with van der Waals surface area (Å²) in [6.45, 7) is -0.786. The molecule has 0 radical (unpaired) electrons. The third-order valence-electron chi connectivity index (χ3n) is 5.32. The maximum absolute atomic E-state index is 13.6. The van der Waals surface area contributed by atoms with Gasteiger partial charge < -0.3 is 0 Å². The van der Waals surface area contributed by atoms with Gasteiger partial charge in [-0.3, -0.25) is 29.3 Å². The summed E-state index contributed by atoms with van der Waals surface area (Å²) < 4.78 is 0.687.